The first-order valence-corrected chi connectivity index (χ1v) is 6.19. The van der Waals surface area contributed by atoms with E-state index in [9.17, 15) is 10.1 Å². The summed E-state index contributed by atoms with van der Waals surface area (Å²) in [5.74, 6) is 0. The maximum Gasteiger partial charge on any atom is 0.293 e. The lowest BCUT2D eigenvalue weighted by atomic mass is 10.2. The summed E-state index contributed by atoms with van der Waals surface area (Å²) in [5, 5.41) is 19.8. The monoisotopic (exact) mass is 302 g/mol. The molecule has 17 heavy (non-hydrogen) atoms. The van der Waals surface area contributed by atoms with Gasteiger partial charge in [-0.2, -0.15) is 0 Å². The minimum atomic E-state index is -0.387. The minimum absolute atomic E-state index is 0.0826. The van der Waals surface area contributed by atoms with E-state index in [2.05, 4.69) is 15.9 Å². The molecule has 0 atom stereocenters. The number of aliphatic hydroxyl groups excluding tert-OH is 1. The maximum atomic E-state index is 11.0. The van der Waals surface area contributed by atoms with E-state index in [1.54, 1.807) is 12.1 Å². The van der Waals surface area contributed by atoms with Crippen molar-refractivity contribution in [2.24, 2.45) is 0 Å². The highest BCUT2D eigenvalue weighted by Crippen LogP contribution is 2.31. The van der Waals surface area contributed by atoms with Crippen molar-refractivity contribution in [3.8, 4) is 0 Å². The lowest BCUT2D eigenvalue weighted by Gasteiger charge is -2.22. The number of anilines is 1. The lowest BCUT2D eigenvalue weighted by Crippen LogP contribution is -2.25. The standard InChI is InChI=1S/C11H15BrN2O3/c1-2-13(6-3-7-15)10-5-4-9(12)8-11(10)14(16)17/h4-5,8,15H,2-3,6-7H2,1H3. The summed E-state index contributed by atoms with van der Waals surface area (Å²) in [4.78, 5) is 12.5. The first-order chi connectivity index (χ1) is 8.10. The van der Waals surface area contributed by atoms with Gasteiger partial charge >= 0.3 is 0 Å². The molecule has 0 amide bonds. The van der Waals surface area contributed by atoms with Crippen molar-refractivity contribution in [3.63, 3.8) is 0 Å². The molecule has 1 N–H and O–H groups in total. The topological polar surface area (TPSA) is 66.6 Å². The third-order valence-corrected chi connectivity index (χ3v) is 2.94. The molecule has 0 aliphatic heterocycles. The van der Waals surface area contributed by atoms with Crippen LogP contribution in [0.1, 0.15) is 13.3 Å². The molecule has 94 valence electrons. The molecule has 0 saturated heterocycles. The van der Waals surface area contributed by atoms with Gasteiger partial charge in [-0.15, -0.1) is 0 Å². The van der Waals surface area contributed by atoms with E-state index in [0.717, 1.165) is 0 Å². The zero-order valence-electron chi connectivity index (χ0n) is 9.60. The van der Waals surface area contributed by atoms with Gasteiger partial charge in [0.25, 0.3) is 5.69 Å². The molecule has 0 radical (unpaired) electrons. The smallest absolute Gasteiger partial charge is 0.293 e. The van der Waals surface area contributed by atoms with Gasteiger partial charge in [0, 0.05) is 30.2 Å². The van der Waals surface area contributed by atoms with Crippen LogP contribution in [0.5, 0.6) is 0 Å². The largest absolute Gasteiger partial charge is 0.396 e. The predicted octanol–water partition coefficient (Wildman–Crippen LogP) is 2.57. The summed E-state index contributed by atoms with van der Waals surface area (Å²) in [7, 11) is 0. The molecule has 1 rings (SSSR count). The van der Waals surface area contributed by atoms with Crippen LogP contribution in [0.3, 0.4) is 0 Å². The molecule has 0 aliphatic carbocycles. The molecule has 0 heterocycles. The van der Waals surface area contributed by atoms with Crippen LogP contribution in [0.25, 0.3) is 0 Å². The van der Waals surface area contributed by atoms with Gasteiger partial charge in [-0.1, -0.05) is 15.9 Å². The Balaban J connectivity index is 3.05. The van der Waals surface area contributed by atoms with Crippen LogP contribution in [-0.4, -0.2) is 29.7 Å². The van der Waals surface area contributed by atoms with Crippen LogP contribution in [-0.2, 0) is 0 Å². The lowest BCUT2D eigenvalue weighted by molar-refractivity contribution is -0.384. The SMILES string of the molecule is CCN(CCCO)c1ccc(Br)cc1[N+](=O)[O-]. The van der Waals surface area contributed by atoms with Crippen LogP contribution in [0.4, 0.5) is 11.4 Å². The Morgan fingerprint density at radius 1 is 1.53 bits per heavy atom. The molecule has 0 spiro atoms. The summed E-state index contributed by atoms with van der Waals surface area (Å²) in [6.45, 7) is 3.29. The maximum absolute atomic E-state index is 11.0. The summed E-state index contributed by atoms with van der Waals surface area (Å²) in [6, 6.07) is 5.00. The quantitative estimate of drug-likeness (QED) is 0.648. The van der Waals surface area contributed by atoms with Gasteiger partial charge in [0.1, 0.15) is 5.69 Å². The Morgan fingerprint density at radius 2 is 2.24 bits per heavy atom. The van der Waals surface area contributed by atoms with Crippen molar-refractivity contribution in [2.75, 3.05) is 24.6 Å². The van der Waals surface area contributed by atoms with E-state index in [-0.39, 0.29) is 17.2 Å². The first-order valence-electron chi connectivity index (χ1n) is 5.40. The van der Waals surface area contributed by atoms with Crippen LogP contribution >= 0.6 is 15.9 Å². The van der Waals surface area contributed by atoms with E-state index < -0.39 is 0 Å². The van der Waals surface area contributed by atoms with Crippen LogP contribution < -0.4 is 4.90 Å². The van der Waals surface area contributed by atoms with Crippen molar-refractivity contribution >= 4 is 27.3 Å². The van der Waals surface area contributed by atoms with Gasteiger partial charge in [-0.05, 0) is 25.5 Å². The van der Waals surface area contributed by atoms with E-state index in [0.29, 0.717) is 29.7 Å². The van der Waals surface area contributed by atoms with Gasteiger partial charge < -0.3 is 10.0 Å². The van der Waals surface area contributed by atoms with E-state index in [1.807, 2.05) is 11.8 Å². The Bertz CT molecular complexity index is 398. The predicted molar refractivity (Wildman–Crippen MR) is 70.4 cm³/mol. The fourth-order valence-electron chi connectivity index (χ4n) is 1.62. The zero-order valence-corrected chi connectivity index (χ0v) is 11.2. The zero-order chi connectivity index (χ0) is 12.8. The third-order valence-electron chi connectivity index (χ3n) is 2.44. The van der Waals surface area contributed by atoms with E-state index in [4.69, 9.17) is 5.11 Å². The molecule has 0 fully saturated rings. The molecule has 1 aromatic rings. The van der Waals surface area contributed by atoms with Crippen molar-refractivity contribution in [3.05, 3.63) is 32.8 Å². The summed E-state index contributed by atoms with van der Waals surface area (Å²) in [6.07, 6.45) is 0.598. The van der Waals surface area contributed by atoms with E-state index >= 15 is 0 Å². The van der Waals surface area contributed by atoms with Gasteiger partial charge in [0.05, 0.1) is 4.92 Å². The fraction of sp³-hybridized carbons (Fsp3) is 0.455. The Kier molecular flexibility index (Phi) is 5.37. The van der Waals surface area contributed by atoms with Crippen molar-refractivity contribution < 1.29 is 10.0 Å². The van der Waals surface area contributed by atoms with Crippen LogP contribution in [0, 0.1) is 10.1 Å². The highest BCUT2D eigenvalue weighted by atomic mass is 79.9. The Labute approximate surface area is 108 Å². The van der Waals surface area contributed by atoms with Crippen LogP contribution in [0.15, 0.2) is 22.7 Å². The second kappa shape index (κ2) is 6.56. The number of hydrogen-bond donors (Lipinski definition) is 1. The molecule has 0 aliphatic rings. The molecule has 0 unspecified atom stereocenters. The average Bonchev–Trinajstić information content (AvgIpc) is 2.31. The second-order valence-electron chi connectivity index (χ2n) is 3.55. The van der Waals surface area contributed by atoms with Gasteiger partial charge in [-0.25, -0.2) is 0 Å². The highest BCUT2D eigenvalue weighted by Gasteiger charge is 2.18. The van der Waals surface area contributed by atoms with Gasteiger partial charge in [-0.3, -0.25) is 10.1 Å². The number of nitro groups is 1. The Hall–Kier alpha value is -1.14. The molecular formula is C11H15BrN2O3. The second-order valence-corrected chi connectivity index (χ2v) is 4.46. The summed E-state index contributed by atoms with van der Waals surface area (Å²) < 4.78 is 0.686. The number of rotatable bonds is 6. The van der Waals surface area contributed by atoms with E-state index in [1.165, 1.54) is 6.07 Å². The number of nitro benzene ring substituents is 1. The van der Waals surface area contributed by atoms with Crippen molar-refractivity contribution in [2.45, 2.75) is 13.3 Å². The minimum Gasteiger partial charge on any atom is -0.396 e. The van der Waals surface area contributed by atoms with Crippen LogP contribution in [0.2, 0.25) is 0 Å². The summed E-state index contributed by atoms with van der Waals surface area (Å²) >= 11 is 3.23. The molecular weight excluding hydrogens is 288 g/mol. The molecule has 5 nitrogen and oxygen atoms in total. The number of aliphatic hydroxyl groups is 1. The third kappa shape index (κ3) is 3.67. The number of halogens is 1. The first kappa shape index (κ1) is 13.9. The molecule has 0 bridgehead atoms. The summed E-state index contributed by atoms with van der Waals surface area (Å²) in [5.41, 5.74) is 0.674. The molecule has 0 saturated carbocycles. The fourth-order valence-corrected chi connectivity index (χ4v) is 1.97. The highest BCUT2D eigenvalue weighted by molar-refractivity contribution is 9.10. The number of benzene rings is 1. The number of nitrogens with zero attached hydrogens (tertiary/aromatic N) is 2. The van der Waals surface area contributed by atoms with Crippen molar-refractivity contribution in [1.29, 1.82) is 0 Å². The molecule has 6 heteroatoms. The average molecular weight is 303 g/mol. The Morgan fingerprint density at radius 3 is 2.76 bits per heavy atom. The van der Waals surface area contributed by atoms with Crippen molar-refractivity contribution in [1.82, 2.24) is 0 Å². The molecule has 1 aromatic carbocycles. The molecule has 0 aromatic heterocycles. The number of hydrogen-bond acceptors (Lipinski definition) is 4. The van der Waals surface area contributed by atoms with Gasteiger partial charge in [0.15, 0.2) is 0 Å². The van der Waals surface area contributed by atoms with Gasteiger partial charge in [0.2, 0.25) is 0 Å². The normalized spacial score (nSPS) is 10.3.